The lowest BCUT2D eigenvalue weighted by atomic mass is 10.1. The SMILES string of the molecule is COC(=O)CC1(CSc2ccc3c(c2)NC(=O)C3N)CC1. The van der Waals surface area contributed by atoms with Crippen molar-refractivity contribution in [3.05, 3.63) is 23.8 Å². The largest absolute Gasteiger partial charge is 0.469 e. The van der Waals surface area contributed by atoms with Gasteiger partial charge in [0.05, 0.1) is 13.5 Å². The van der Waals surface area contributed by atoms with Crippen LogP contribution >= 0.6 is 11.8 Å². The predicted octanol–water partition coefficient (Wildman–Crippen LogP) is 2.07. The molecule has 1 amide bonds. The van der Waals surface area contributed by atoms with Gasteiger partial charge in [-0.1, -0.05) is 6.07 Å². The van der Waals surface area contributed by atoms with Crippen LogP contribution in [0.1, 0.15) is 30.9 Å². The van der Waals surface area contributed by atoms with Crippen molar-refractivity contribution in [1.82, 2.24) is 0 Å². The van der Waals surface area contributed by atoms with Crippen LogP contribution in [0.4, 0.5) is 5.69 Å². The Morgan fingerprint density at radius 1 is 1.52 bits per heavy atom. The molecule has 6 heteroatoms. The maximum absolute atomic E-state index is 11.5. The Morgan fingerprint density at radius 3 is 2.95 bits per heavy atom. The van der Waals surface area contributed by atoms with E-state index in [4.69, 9.17) is 10.5 Å². The second kappa shape index (κ2) is 5.35. The Kier molecular flexibility index (Phi) is 3.67. The van der Waals surface area contributed by atoms with Crippen LogP contribution in [0.3, 0.4) is 0 Å². The van der Waals surface area contributed by atoms with Crippen molar-refractivity contribution < 1.29 is 14.3 Å². The summed E-state index contributed by atoms with van der Waals surface area (Å²) in [5, 5.41) is 2.79. The first-order valence-electron chi connectivity index (χ1n) is 6.93. The topological polar surface area (TPSA) is 81.4 Å². The summed E-state index contributed by atoms with van der Waals surface area (Å²) in [7, 11) is 1.43. The van der Waals surface area contributed by atoms with Crippen LogP contribution in [0.25, 0.3) is 0 Å². The van der Waals surface area contributed by atoms with Crippen molar-refractivity contribution >= 4 is 29.3 Å². The van der Waals surface area contributed by atoms with Gasteiger partial charge in [0.2, 0.25) is 5.91 Å². The Balaban J connectivity index is 1.64. The van der Waals surface area contributed by atoms with Gasteiger partial charge in [0.1, 0.15) is 6.04 Å². The average Bonchev–Trinajstić information content (AvgIpc) is 3.18. The number of methoxy groups -OCH3 is 1. The van der Waals surface area contributed by atoms with Crippen LogP contribution in [0, 0.1) is 5.41 Å². The third kappa shape index (κ3) is 2.91. The van der Waals surface area contributed by atoms with E-state index in [1.165, 1.54) is 7.11 Å². The number of benzene rings is 1. The monoisotopic (exact) mass is 306 g/mol. The van der Waals surface area contributed by atoms with E-state index in [0.717, 1.165) is 34.7 Å². The maximum Gasteiger partial charge on any atom is 0.306 e. The number of nitrogens with one attached hydrogen (secondary N) is 1. The zero-order valence-corrected chi connectivity index (χ0v) is 12.7. The zero-order chi connectivity index (χ0) is 15.0. The molecule has 1 aliphatic heterocycles. The second-order valence-electron chi connectivity index (χ2n) is 5.76. The lowest BCUT2D eigenvalue weighted by Gasteiger charge is -2.13. The molecule has 1 saturated carbocycles. The molecule has 21 heavy (non-hydrogen) atoms. The molecule has 1 fully saturated rings. The highest BCUT2D eigenvalue weighted by Gasteiger charge is 2.44. The van der Waals surface area contributed by atoms with Crippen molar-refractivity contribution in [2.45, 2.75) is 30.2 Å². The highest BCUT2D eigenvalue weighted by Crippen LogP contribution is 2.52. The van der Waals surface area contributed by atoms with Crippen molar-refractivity contribution in [2.75, 3.05) is 18.2 Å². The molecule has 3 N–H and O–H groups in total. The van der Waals surface area contributed by atoms with Crippen LogP contribution < -0.4 is 11.1 Å². The minimum atomic E-state index is -0.562. The number of carbonyl (C=O) groups excluding carboxylic acids is 2. The van der Waals surface area contributed by atoms with Crippen LogP contribution in [-0.2, 0) is 14.3 Å². The minimum absolute atomic E-state index is 0.0937. The number of fused-ring (bicyclic) bond motifs is 1. The van der Waals surface area contributed by atoms with E-state index in [9.17, 15) is 9.59 Å². The zero-order valence-electron chi connectivity index (χ0n) is 11.8. The van der Waals surface area contributed by atoms with Crippen molar-refractivity contribution in [1.29, 1.82) is 0 Å². The van der Waals surface area contributed by atoms with Gasteiger partial charge in [-0.3, -0.25) is 9.59 Å². The predicted molar refractivity (Wildman–Crippen MR) is 81.0 cm³/mol. The summed E-state index contributed by atoms with van der Waals surface area (Å²) in [5.41, 5.74) is 7.54. The van der Waals surface area contributed by atoms with E-state index in [1.54, 1.807) is 11.8 Å². The van der Waals surface area contributed by atoms with E-state index in [1.807, 2.05) is 18.2 Å². The normalized spacial score (nSPS) is 21.6. The van der Waals surface area contributed by atoms with Gasteiger partial charge in [0.15, 0.2) is 0 Å². The van der Waals surface area contributed by atoms with Gasteiger partial charge in [-0.2, -0.15) is 0 Å². The molecule has 0 spiro atoms. The molecule has 5 nitrogen and oxygen atoms in total. The van der Waals surface area contributed by atoms with Gasteiger partial charge in [-0.15, -0.1) is 11.8 Å². The maximum atomic E-state index is 11.5. The van der Waals surface area contributed by atoms with Crippen LogP contribution in [0.2, 0.25) is 0 Å². The number of rotatable bonds is 5. The van der Waals surface area contributed by atoms with Gasteiger partial charge in [-0.05, 0) is 30.4 Å². The first-order chi connectivity index (χ1) is 10.0. The molecular weight excluding hydrogens is 288 g/mol. The standard InChI is InChI=1S/C15H18N2O3S/c1-20-12(18)7-15(4-5-15)8-21-9-2-3-10-11(6-9)17-14(19)13(10)16/h2-3,6,13H,4-5,7-8,16H2,1H3,(H,17,19). The number of amides is 1. The summed E-state index contributed by atoms with van der Waals surface area (Å²) in [6.07, 6.45) is 2.63. The number of carbonyl (C=O) groups is 2. The average molecular weight is 306 g/mol. The fourth-order valence-corrected chi connectivity index (χ4v) is 3.75. The van der Waals surface area contributed by atoms with E-state index in [2.05, 4.69) is 5.32 Å². The Labute approximate surface area is 127 Å². The molecule has 112 valence electrons. The third-order valence-corrected chi connectivity index (χ3v) is 5.49. The molecule has 1 aromatic carbocycles. The Morgan fingerprint density at radius 2 is 2.29 bits per heavy atom. The van der Waals surface area contributed by atoms with Crippen LogP contribution in [0.15, 0.2) is 23.1 Å². The van der Waals surface area contributed by atoms with Gasteiger partial charge < -0.3 is 15.8 Å². The molecule has 0 bridgehead atoms. The smallest absolute Gasteiger partial charge is 0.306 e. The highest BCUT2D eigenvalue weighted by molar-refractivity contribution is 7.99. The quantitative estimate of drug-likeness (QED) is 0.643. The van der Waals surface area contributed by atoms with Crippen molar-refractivity contribution in [2.24, 2.45) is 11.1 Å². The van der Waals surface area contributed by atoms with Crippen LogP contribution in [0.5, 0.6) is 0 Å². The molecule has 0 saturated heterocycles. The second-order valence-corrected chi connectivity index (χ2v) is 6.81. The van der Waals surface area contributed by atoms with Crippen molar-refractivity contribution in [3.8, 4) is 0 Å². The molecule has 1 heterocycles. The Bertz CT molecular complexity index is 599. The number of nitrogens with two attached hydrogens (primary N) is 1. The summed E-state index contributed by atoms with van der Waals surface area (Å²) in [4.78, 5) is 24.0. The first kappa shape index (κ1) is 14.4. The molecule has 1 aliphatic carbocycles. The fraction of sp³-hybridized carbons (Fsp3) is 0.467. The highest BCUT2D eigenvalue weighted by atomic mass is 32.2. The lowest BCUT2D eigenvalue weighted by molar-refractivity contribution is -0.141. The van der Waals surface area contributed by atoms with Crippen LogP contribution in [-0.4, -0.2) is 24.7 Å². The molecule has 3 rings (SSSR count). The van der Waals surface area contributed by atoms with E-state index >= 15 is 0 Å². The molecule has 2 aliphatic rings. The lowest BCUT2D eigenvalue weighted by Crippen LogP contribution is -2.19. The number of hydrogen-bond donors (Lipinski definition) is 2. The number of ether oxygens (including phenoxy) is 1. The summed E-state index contributed by atoms with van der Waals surface area (Å²) in [6, 6.07) is 5.28. The molecule has 1 aromatic rings. The summed E-state index contributed by atoms with van der Waals surface area (Å²) < 4.78 is 4.75. The number of esters is 1. The Hall–Kier alpha value is -1.53. The molecule has 1 atom stereocenters. The third-order valence-electron chi connectivity index (χ3n) is 4.15. The fourth-order valence-electron chi connectivity index (χ4n) is 2.52. The summed E-state index contributed by atoms with van der Waals surface area (Å²) in [6.45, 7) is 0. The van der Waals surface area contributed by atoms with E-state index < -0.39 is 6.04 Å². The van der Waals surface area contributed by atoms with Gasteiger partial charge >= 0.3 is 5.97 Å². The van der Waals surface area contributed by atoms with Gasteiger partial charge in [0, 0.05) is 21.9 Å². The number of thioether (sulfide) groups is 1. The molecule has 1 unspecified atom stereocenters. The number of anilines is 1. The molecule has 0 aromatic heterocycles. The summed E-state index contributed by atoms with van der Waals surface area (Å²) in [5.74, 6) is 0.595. The molecular formula is C15H18N2O3S. The van der Waals surface area contributed by atoms with Gasteiger partial charge in [-0.25, -0.2) is 0 Å². The summed E-state index contributed by atoms with van der Waals surface area (Å²) >= 11 is 1.71. The van der Waals surface area contributed by atoms with E-state index in [-0.39, 0.29) is 17.3 Å². The minimum Gasteiger partial charge on any atom is -0.469 e. The number of hydrogen-bond acceptors (Lipinski definition) is 5. The molecule has 0 radical (unpaired) electrons. The van der Waals surface area contributed by atoms with E-state index in [0.29, 0.717) is 6.42 Å². The van der Waals surface area contributed by atoms with Crippen molar-refractivity contribution in [3.63, 3.8) is 0 Å². The van der Waals surface area contributed by atoms with Gasteiger partial charge in [0.25, 0.3) is 0 Å². The first-order valence-corrected chi connectivity index (χ1v) is 7.92.